The minimum absolute atomic E-state index is 0.0136. The summed E-state index contributed by atoms with van der Waals surface area (Å²) < 4.78 is 0. The van der Waals surface area contributed by atoms with Crippen LogP contribution in [-0.2, 0) is 19.2 Å². The lowest BCUT2D eigenvalue weighted by molar-refractivity contribution is -0.140. The molecule has 136 valence electrons. The molecule has 1 rings (SSSR count). The molecule has 0 bridgehead atoms. The van der Waals surface area contributed by atoms with Gasteiger partial charge < -0.3 is 10.6 Å². The van der Waals surface area contributed by atoms with Gasteiger partial charge in [0.15, 0.2) is 0 Å². The molecule has 0 aromatic heterocycles. The Morgan fingerprint density at radius 1 is 1.12 bits per heavy atom. The van der Waals surface area contributed by atoms with Crippen LogP contribution in [-0.4, -0.2) is 48.7 Å². The first-order chi connectivity index (χ1) is 11.2. The van der Waals surface area contributed by atoms with Gasteiger partial charge in [-0.1, -0.05) is 27.2 Å². The average Bonchev–Trinajstić information content (AvgIpc) is 2.79. The van der Waals surface area contributed by atoms with E-state index in [4.69, 9.17) is 0 Å². The SMILES string of the molecule is CNC(=O)CNC(=O)CCCCCN1C(=O)CC(C(C)(C)C)C1=O. The van der Waals surface area contributed by atoms with Gasteiger partial charge in [0.1, 0.15) is 0 Å². The topological polar surface area (TPSA) is 95.6 Å². The largest absolute Gasteiger partial charge is 0.358 e. The van der Waals surface area contributed by atoms with Gasteiger partial charge in [-0.3, -0.25) is 24.1 Å². The second kappa shape index (κ2) is 8.80. The molecule has 7 nitrogen and oxygen atoms in total. The van der Waals surface area contributed by atoms with Crippen molar-refractivity contribution in [1.29, 1.82) is 0 Å². The molecule has 0 spiro atoms. The molecule has 1 unspecified atom stereocenters. The molecule has 0 saturated carbocycles. The molecular weight excluding hydrogens is 310 g/mol. The zero-order chi connectivity index (χ0) is 18.3. The summed E-state index contributed by atoms with van der Waals surface area (Å²) >= 11 is 0. The van der Waals surface area contributed by atoms with Crippen LogP contribution in [0.15, 0.2) is 0 Å². The second-order valence-electron chi connectivity index (χ2n) is 7.27. The number of rotatable bonds is 8. The summed E-state index contributed by atoms with van der Waals surface area (Å²) in [5.74, 6) is -0.804. The fourth-order valence-corrected chi connectivity index (χ4v) is 2.68. The molecule has 1 aliphatic rings. The van der Waals surface area contributed by atoms with Gasteiger partial charge >= 0.3 is 0 Å². The van der Waals surface area contributed by atoms with Crippen LogP contribution in [0.1, 0.15) is 52.9 Å². The number of hydrogen-bond donors (Lipinski definition) is 2. The summed E-state index contributed by atoms with van der Waals surface area (Å²) in [7, 11) is 1.51. The van der Waals surface area contributed by atoms with Crippen LogP contribution in [0.2, 0.25) is 0 Å². The lowest BCUT2D eigenvalue weighted by atomic mass is 9.80. The van der Waals surface area contributed by atoms with Crippen molar-refractivity contribution in [3.05, 3.63) is 0 Å². The van der Waals surface area contributed by atoms with Gasteiger partial charge in [0, 0.05) is 26.4 Å². The molecule has 0 aromatic rings. The molecule has 7 heteroatoms. The Morgan fingerprint density at radius 2 is 1.79 bits per heavy atom. The van der Waals surface area contributed by atoms with Crippen molar-refractivity contribution in [3.63, 3.8) is 0 Å². The summed E-state index contributed by atoms with van der Waals surface area (Å²) in [5, 5.41) is 4.96. The van der Waals surface area contributed by atoms with Crippen molar-refractivity contribution < 1.29 is 19.2 Å². The smallest absolute Gasteiger partial charge is 0.239 e. The monoisotopic (exact) mass is 339 g/mol. The number of nitrogens with one attached hydrogen (secondary N) is 2. The number of unbranched alkanes of at least 4 members (excludes halogenated alkanes) is 2. The average molecular weight is 339 g/mol. The Balaban J connectivity index is 2.24. The van der Waals surface area contributed by atoms with Crippen molar-refractivity contribution >= 4 is 23.6 Å². The van der Waals surface area contributed by atoms with Crippen LogP contribution in [0.25, 0.3) is 0 Å². The van der Waals surface area contributed by atoms with E-state index in [0.29, 0.717) is 32.2 Å². The van der Waals surface area contributed by atoms with E-state index in [1.54, 1.807) is 0 Å². The van der Waals surface area contributed by atoms with Gasteiger partial charge in [0.2, 0.25) is 23.6 Å². The Morgan fingerprint density at radius 3 is 2.33 bits per heavy atom. The van der Waals surface area contributed by atoms with Crippen LogP contribution in [0, 0.1) is 11.3 Å². The van der Waals surface area contributed by atoms with Gasteiger partial charge in [0.25, 0.3) is 0 Å². The third-order valence-corrected chi connectivity index (χ3v) is 4.30. The number of carbonyl (C=O) groups excluding carboxylic acids is 4. The van der Waals surface area contributed by atoms with Gasteiger partial charge in [-0.15, -0.1) is 0 Å². The highest BCUT2D eigenvalue weighted by Gasteiger charge is 2.44. The maximum absolute atomic E-state index is 12.3. The minimum Gasteiger partial charge on any atom is -0.358 e. The normalized spacial score (nSPS) is 18.0. The van der Waals surface area contributed by atoms with Crippen LogP contribution in [0.4, 0.5) is 0 Å². The third-order valence-electron chi connectivity index (χ3n) is 4.30. The molecule has 1 aliphatic heterocycles. The molecule has 0 radical (unpaired) electrons. The fraction of sp³-hybridized carbons (Fsp3) is 0.765. The summed E-state index contributed by atoms with van der Waals surface area (Å²) in [5.41, 5.74) is -0.204. The summed E-state index contributed by atoms with van der Waals surface area (Å²) in [6, 6.07) is 0. The van der Waals surface area contributed by atoms with Gasteiger partial charge in [-0.2, -0.15) is 0 Å². The van der Waals surface area contributed by atoms with E-state index in [-0.39, 0.29) is 41.5 Å². The molecule has 0 aromatic carbocycles. The molecule has 24 heavy (non-hydrogen) atoms. The van der Waals surface area contributed by atoms with Crippen LogP contribution in [0.5, 0.6) is 0 Å². The number of nitrogens with zero attached hydrogens (tertiary/aromatic N) is 1. The molecular formula is C17H29N3O4. The first-order valence-corrected chi connectivity index (χ1v) is 8.48. The number of hydrogen-bond acceptors (Lipinski definition) is 4. The molecule has 1 heterocycles. The molecule has 1 atom stereocenters. The van der Waals surface area contributed by atoms with E-state index in [1.165, 1.54) is 11.9 Å². The highest BCUT2D eigenvalue weighted by Crippen LogP contribution is 2.35. The fourth-order valence-electron chi connectivity index (χ4n) is 2.68. The van der Waals surface area contributed by atoms with E-state index >= 15 is 0 Å². The van der Waals surface area contributed by atoms with Gasteiger partial charge in [-0.25, -0.2) is 0 Å². The Hall–Kier alpha value is -1.92. The highest BCUT2D eigenvalue weighted by molar-refractivity contribution is 6.03. The van der Waals surface area contributed by atoms with Crippen LogP contribution in [0.3, 0.4) is 0 Å². The molecule has 2 N–H and O–H groups in total. The van der Waals surface area contributed by atoms with Crippen molar-refractivity contribution in [3.8, 4) is 0 Å². The Kier molecular flexibility index (Phi) is 7.38. The van der Waals surface area contributed by atoms with Crippen LogP contribution >= 0.6 is 0 Å². The van der Waals surface area contributed by atoms with Crippen molar-refractivity contribution in [1.82, 2.24) is 15.5 Å². The highest BCUT2D eigenvalue weighted by atomic mass is 16.2. The Bertz CT molecular complexity index is 497. The predicted octanol–water partition coefficient (Wildman–Crippen LogP) is 0.830. The van der Waals surface area contributed by atoms with E-state index in [9.17, 15) is 19.2 Å². The van der Waals surface area contributed by atoms with E-state index in [2.05, 4.69) is 10.6 Å². The Labute approximate surface area is 143 Å². The van der Waals surface area contributed by atoms with Gasteiger partial charge in [0.05, 0.1) is 12.5 Å². The van der Waals surface area contributed by atoms with E-state index < -0.39 is 0 Å². The maximum Gasteiger partial charge on any atom is 0.239 e. The van der Waals surface area contributed by atoms with Crippen molar-refractivity contribution in [2.45, 2.75) is 52.9 Å². The summed E-state index contributed by atoms with van der Waals surface area (Å²) in [6.07, 6.45) is 2.74. The number of carbonyl (C=O) groups is 4. The third kappa shape index (κ3) is 5.94. The van der Waals surface area contributed by atoms with Crippen molar-refractivity contribution in [2.75, 3.05) is 20.1 Å². The lowest BCUT2D eigenvalue weighted by Gasteiger charge is -2.24. The number of likely N-dealkylation sites (tertiary alicyclic amines) is 1. The van der Waals surface area contributed by atoms with E-state index in [1.807, 2.05) is 20.8 Å². The first kappa shape index (κ1) is 20.1. The van der Waals surface area contributed by atoms with Crippen LogP contribution < -0.4 is 10.6 Å². The van der Waals surface area contributed by atoms with Crippen molar-refractivity contribution in [2.24, 2.45) is 11.3 Å². The summed E-state index contributed by atoms with van der Waals surface area (Å²) in [4.78, 5) is 48.2. The van der Waals surface area contributed by atoms with Gasteiger partial charge in [-0.05, 0) is 18.3 Å². The number of amides is 4. The quantitative estimate of drug-likeness (QED) is 0.506. The number of imide groups is 1. The molecule has 0 aliphatic carbocycles. The zero-order valence-electron chi connectivity index (χ0n) is 15.1. The standard InChI is InChI=1S/C17H29N3O4/c1-17(2,3)12-10-15(23)20(16(12)24)9-7-5-6-8-13(21)19-11-14(22)18-4/h12H,5-11H2,1-4H3,(H,18,22)(H,19,21). The number of likely N-dealkylation sites (N-methyl/N-ethyl adjacent to an activating group) is 1. The molecule has 1 fully saturated rings. The lowest BCUT2D eigenvalue weighted by Crippen LogP contribution is -2.35. The van der Waals surface area contributed by atoms with E-state index in [0.717, 1.165) is 6.42 Å². The zero-order valence-corrected chi connectivity index (χ0v) is 15.1. The predicted molar refractivity (Wildman–Crippen MR) is 89.8 cm³/mol. The minimum atomic E-state index is -0.236. The summed E-state index contributed by atoms with van der Waals surface area (Å²) in [6.45, 7) is 6.34. The molecule has 1 saturated heterocycles. The first-order valence-electron chi connectivity index (χ1n) is 8.48. The second-order valence-corrected chi connectivity index (χ2v) is 7.27. The molecule has 4 amide bonds. The maximum atomic E-state index is 12.3.